The monoisotopic (exact) mass is 231 g/mol. The summed E-state index contributed by atoms with van der Waals surface area (Å²) in [6.07, 6.45) is 0. The Morgan fingerprint density at radius 1 is 1.24 bits per heavy atom. The quantitative estimate of drug-likeness (QED) is 0.857. The van der Waals surface area contributed by atoms with Gasteiger partial charge in [-0.15, -0.1) is 5.10 Å². The normalized spacial score (nSPS) is 10.5. The highest BCUT2D eigenvalue weighted by molar-refractivity contribution is 5.86. The molecule has 2 rings (SSSR count). The number of nitrogens with zero attached hydrogens (tertiary/aromatic N) is 3. The van der Waals surface area contributed by atoms with Crippen molar-refractivity contribution >= 4 is 5.97 Å². The van der Waals surface area contributed by atoms with Crippen molar-refractivity contribution in [2.24, 2.45) is 0 Å². The average Bonchev–Trinajstić information content (AvgIpc) is 2.60. The van der Waals surface area contributed by atoms with Crippen molar-refractivity contribution in [2.75, 3.05) is 0 Å². The molecule has 0 unspecified atom stereocenters. The zero-order chi connectivity index (χ0) is 12.6. The minimum Gasteiger partial charge on any atom is -0.476 e. The summed E-state index contributed by atoms with van der Waals surface area (Å²) in [4.78, 5) is 12.3. The highest BCUT2D eigenvalue weighted by Crippen LogP contribution is 2.15. The Kier molecular flexibility index (Phi) is 2.67. The summed E-state index contributed by atoms with van der Waals surface area (Å²) < 4.78 is 0. The van der Waals surface area contributed by atoms with E-state index >= 15 is 0 Å². The standard InChI is InChI=1S/C12H13N3O2/c1-7-4-5-10(8(2)6-7)15-13-9(3)11(14-15)12(16)17/h4-6H,1-3H3,(H,16,17). The van der Waals surface area contributed by atoms with Crippen LogP contribution >= 0.6 is 0 Å². The maximum absolute atomic E-state index is 10.9. The first kappa shape index (κ1) is 11.3. The Bertz CT molecular complexity index is 587. The van der Waals surface area contributed by atoms with E-state index in [2.05, 4.69) is 10.2 Å². The molecule has 1 aromatic heterocycles. The summed E-state index contributed by atoms with van der Waals surface area (Å²) in [7, 11) is 0. The number of benzene rings is 1. The van der Waals surface area contributed by atoms with Crippen molar-refractivity contribution in [2.45, 2.75) is 20.8 Å². The number of carboxylic acids is 1. The third-order valence-corrected chi connectivity index (χ3v) is 2.55. The second-order valence-corrected chi connectivity index (χ2v) is 4.02. The number of carbonyl (C=O) groups is 1. The van der Waals surface area contributed by atoms with Crippen LogP contribution in [0.15, 0.2) is 18.2 Å². The smallest absolute Gasteiger partial charge is 0.358 e. The van der Waals surface area contributed by atoms with Crippen LogP contribution in [0.5, 0.6) is 0 Å². The number of aromatic carboxylic acids is 1. The number of rotatable bonds is 2. The first-order valence-electron chi connectivity index (χ1n) is 5.24. The average molecular weight is 231 g/mol. The Hall–Kier alpha value is -2.17. The van der Waals surface area contributed by atoms with E-state index in [-0.39, 0.29) is 5.69 Å². The van der Waals surface area contributed by atoms with Gasteiger partial charge in [-0.3, -0.25) is 0 Å². The van der Waals surface area contributed by atoms with Gasteiger partial charge in [0.15, 0.2) is 5.69 Å². The number of aryl methyl sites for hydroxylation is 3. The third-order valence-electron chi connectivity index (χ3n) is 2.55. The number of aromatic nitrogens is 3. The lowest BCUT2D eigenvalue weighted by molar-refractivity contribution is 0.0689. The van der Waals surface area contributed by atoms with E-state index < -0.39 is 5.97 Å². The molecule has 1 N–H and O–H groups in total. The summed E-state index contributed by atoms with van der Waals surface area (Å²) in [5.74, 6) is -1.06. The molecule has 1 heterocycles. The molecule has 2 aromatic rings. The van der Waals surface area contributed by atoms with Crippen LogP contribution in [0.3, 0.4) is 0 Å². The molecule has 0 saturated heterocycles. The fourth-order valence-corrected chi connectivity index (χ4v) is 1.71. The molecule has 0 spiro atoms. The van der Waals surface area contributed by atoms with Gasteiger partial charge in [-0.05, 0) is 32.4 Å². The Morgan fingerprint density at radius 2 is 1.94 bits per heavy atom. The third kappa shape index (κ3) is 2.04. The maximum Gasteiger partial charge on any atom is 0.358 e. The van der Waals surface area contributed by atoms with Gasteiger partial charge in [-0.1, -0.05) is 17.7 Å². The van der Waals surface area contributed by atoms with Crippen LogP contribution in [0.1, 0.15) is 27.3 Å². The zero-order valence-corrected chi connectivity index (χ0v) is 9.93. The molecule has 88 valence electrons. The van der Waals surface area contributed by atoms with Crippen LogP contribution in [-0.4, -0.2) is 26.1 Å². The second-order valence-electron chi connectivity index (χ2n) is 4.02. The van der Waals surface area contributed by atoms with E-state index in [1.54, 1.807) is 6.92 Å². The molecule has 0 fully saturated rings. The molecule has 0 aliphatic rings. The molecule has 0 aliphatic carbocycles. The van der Waals surface area contributed by atoms with Crippen LogP contribution < -0.4 is 0 Å². The minimum atomic E-state index is -1.06. The van der Waals surface area contributed by atoms with Crippen LogP contribution in [-0.2, 0) is 0 Å². The molecule has 0 amide bonds. The number of hydrogen-bond acceptors (Lipinski definition) is 3. The molecule has 17 heavy (non-hydrogen) atoms. The maximum atomic E-state index is 10.9. The lowest BCUT2D eigenvalue weighted by Crippen LogP contribution is -2.04. The Balaban J connectivity index is 2.53. The van der Waals surface area contributed by atoms with Gasteiger partial charge >= 0.3 is 5.97 Å². The van der Waals surface area contributed by atoms with Crippen LogP contribution in [0, 0.1) is 20.8 Å². The zero-order valence-electron chi connectivity index (χ0n) is 9.93. The summed E-state index contributed by atoms with van der Waals surface area (Å²) in [6.45, 7) is 5.58. The molecule has 0 aliphatic heterocycles. The molecule has 1 aromatic carbocycles. The lowest BCUT2D eigenvalue weighted by Gasteiger charge is -2.04. The fraction of sp³-hybridized carbons (Fsp3) is 0.250. The first-order chi connectivity index (χ1) is 7.99. The Morgan fingerprint density at radius 3 is 2.47 bits per heavy atom. The van der Waals surface area contributed by atoms with Crippen LogP contribution in [0.4, 0.5) is 0 Å². The highest BCUT2D eigenvalue weighted by atomic mass is 16.4. The van der Waals surface area contributed by atoms with E-state index in [0.717, 1.165) is 16.8 Å². The van der Waals surface area contributed by atoms with Gasteiger partial charge < -0.3 is 5.11 Å². The van der Waals surface area contributed by atoms with Gasteiger partial charge in [0, 0.05) is 0 Å². The molecule has 5 heteroatoms. The van der Waals surface area contributed by atoms with Crippen LogP contribution in [0.2, 0.25) is 0 Å². The van der Waals surface area contributed by atoms with Crippen molar-refractivity contribution in [1.29, 1.82) is 0 Å². The molecule has 5 nitrogen and oxygen atoms in total. The van der Waals surface area contributed by atoms with Crippen molar-refractivity contribution in [3.05, 3.63) is 40.7 Å². The molecule has 0 atom stereocenters. The first-order valence-corrected chi connectivity index (χ1v) is 5.24. The number of carboxylic acid groups (broad SMARTS) is 1. The predicted molar refractivity (Wildman–Crippen MR) is 62.5 cm³/mol. The number of hydrogen-bond donors (Lipinski definition) is 1. The second kappa shape index (κ2) is 4.01. The lowest BCUT2D eigenvalue weighted by atomic mass is 10.1. The highest BCUT2D eigenvalue weighted by Gasteiger charge is 2.15. The SMILES string of the molecule is Cc1ccc(-n2nc(C)c(C(=O)O)n2)c(C)c1. The van der Waals surface area contributed by atoms with Gasteiger partial charge in [0.2, 0.25) is 0 Å². The minimum absolute atomic E-state index is 0.00928. The van der Waals surface area contributed by atoms with Crippen LogP contribution in [0.25, 0.3) is 5.69 Å². The van der Waals surface area contributed by atoms with E-state index in [4.69, 9.17) is 5.11 Å². The van der Waals surface area contributed by atoms with Gasteiger partial charge in [0.1, 0.15) is 0 Å². The van der Waals surface area contributed by atoms with E-state index in [9.17, 15) is 4.79 Å². The summed E-state index contributed by atoms with van der Waals surface area (Å²) in [5, 5.41) is 17.0. The molecular weight excluding hydrogens is 218 g/mol. The largest absolute Gasteiger partial charge is 0.476 e. The van der Waals surface area contributed by atoms with Gasteiger partial charge in [0.25, 0.3) is 0 Å². The van der Waals surface area contributed by atoms with Crippen molar-refractivity contribution < 1.29 is 9.90 Å². The molecule has 0 radical (unpaired) electrons. The fourth-order valence-electron chi connectivity index (χ4n) is 1.71. The summed E-state index contributed by atoms with van der Waals surface area (Å²) in [5.41, 5.74) is 3.36. The van der Waals surface area contributed by atoms with Gasteiger partial charge in [-0.25, -0.2) is 4.79 Å². The molecule has 0 bridgehead atoms. The summed E-state index contributed by atoms with van der Waals surface area (Å²) >= 11 is 0. The van der Waals surface area contributed by atoms with Gasteiger partial charge in [0.05, 0.1) is 11.4 Å². The van der Waals surface area contributed by atoms with Crippen molar-refractivity contribution in [1.82, 2.24) is 15.0 Å². The Labute approximate surface area is 98.7 Å². The molecular formula is C12H13N3O2. The van der Waals surface area contributed by atoms with E-state index in [1.807, 2.05) is 32.0 Å². The topological polar surface area (TPSA) is 68.0 Å². The van der Waals surface area contributed by atoms with Gasteiger partial charge in [-0.2, -0.15) is 9.90 Å². The van der Waals surface area contributed by atoms with E-state index in [1.165, 1.54) is 4.80 Å². The predicted octanol–water partition coefficient (Wildman–Crippen LogP) is 1.89. The van der Waals surface area contributed by atoms with Crippen molar-refractivity contribution in [3.8, 4) is 5.69 Å². The summed E-state index contributed by atoms with van der Waals surface area (Å²) in [6, 6.07) is 5.84. The molecule has 0 saturated carbocycles. The van der Waals surface area contributed by atoms with E-state index in [0.29, 0.717) is 5.69 Å². The van der Waals surface area contributed by atoms with Crippen molar-refractivity contribution in [3.63, 3.8) is 0 Å².